The average Bonchev–Trinajstić information content (AvgIpc) is 3.00. The number of carboxylic acid groups (broad SMARTS) is 1. The largest absolute Gasteiger partial charge is 0.476 e. The van der Waals surface area contributed by atoms with Crippen molar-refractivity contribution in [1.29, 1.82) is 0 Å². The number of likely N-dealkylation sites (tertiary alicyclic amines) is 1. The van der Waals surface area contributed by atoms with Crippen LogP contribution >= 0.6 is 35.7 Å². The van der Waals surface area contributed by atoms with E-state index in [0.29, 0.717) is 17.5 Å². The Morgan fingerprint density at radius 3 is 1.90 bits per heavy atom. The number of ether oxygens (including phenoxy) is 1. The average molecular weight is 778 g/mol. The first-order valence-corrected chi connectivity index (χ1v) is 20.7. The molecule has 1 amide bonds. The fourth-order valence-corrected chi connectivity index (χ4v) is 8.48. The first-order valence-electron chi connectivity index (χ1n) is 15.5. The molecule has 1 aliphatic heterocycles. The summed E-state index contributed by atoms with van der Waals surface area (Å²) in [6.07, 6.45) is -0.541. The molecule has 50 heavy (non-hydrogen) atoms. The van der Waals surface area contributed by atoms with Crippen LogP contribution in [0.2, 0.25) is 18.1 Å². The summed E-state index contributed by atoms with van der Waals surface area (Å²) >= 11 is 6.89. The first kappa shape index (κ1) is 41.6. The number of β-lactam (4-membered cyclic amide) rings is 1. The molecule has 3 rings (SSSR count). The molecule has 0 aromatic heterocycles. The third kappa shape index (κ3) is 8.46. The number of thioether (sulfide) groups is 2. The molecule has 1 aliphatic rings. The Morgan fingerprint density at radius 1 is 0.960 bits per heavy atom. The van der Waals surface area contributed by atoms with Gasteiger partial charge in [0.1, 0.15) is 5.75 Å². The SMILES string of the molecule is CCS[C@@H]1[C@@H]([C@@H](C)O[Si](C)(C)C(C)(C)C)C(=O)N1C(C(=O)O)=C(Oc1ccc(C(=S)c2c(F)c(F)c(F)c(F)c2F)cc1)SC(=O)C(C)(C)C. The number of hydrogen-bond acceptors (Lipinski definition) is 8. The van der Waals surface area contributed by atoms with Gasteiger partial charge in [-0.2, -0.15) is 0 Å². The Labute approximate surface area is 303 Å². The molecule has 1 saturated heterocycles. The molecule has 274 valence electrons. The Bertz CT molecular complexity index is 1690. The lowest BCUT2D eigenvalue weighted by atomic mass is 9.92. The van der Waals surface area contributed by atoms with Gasteiger partial charge >= 0.3 is 5.97 Å². The van der Waals surface area contributed by atoms with Gasteiger partial charge in [-0.3, -0.25) is 14.5 Å². The van der Waals surface area contributed by atoms with E-state index in [1.807, 2.05) is 6.92 Å². The second kappa shape index (κ2) is 15.4. The van der Waals surface area contributed by atoms with Gasteiger partial charge in [0.15, 0.2) is 42.4 Å². The summed E-state index contributed by atoms with van der Waals surface area (Å²) in [5, 5.41) is 8.78. The van der Waals surface area contributed by atoms with Crippen molar-refractivity contribution < 1.29 is 50.6 Å². The minimum Gasteiger partial charge on any atom is -0.476 e. The van der Waals surface area contributed by atoms with Gasteiger partial charge in [-0.15, -0.1) is 11.8 Å². The quantitative estimate of drug-likeness (QED) is 0.0261. The molecule has 0 radical (unpaired) electrons. The molecule has 7 nitrogen and oxygen atoms in total. The molecule has 1 N–H and O–H groups in total. The standard InChI is InChI=1S/C34H40F5NO6S3Si/c1-11-48-29-19(16(2)46-50(9,10)34(6,7)8)28(41)40(29)26(30(42)43)31(49-32(44)33(3,4)5)45-18-14-12-17(13-15-18)27(47)20-21(35)23(37)25(39)24(38)22(20)36/h12-16,19,29H,11H2,1-10H3,(H,42,43)/t16-,19+,29-/m1/s1. The van der Waals surface area contributed by atoms with Crippen molar-refractivity contribution in [3.8, 4) is 5.75 Å². The number of aliphatic carboxylic acids is 1. The number of carbonyl (C=O) groups excluding carboxylic acids is 2. The van der Waals surface area contributed by atoms with Crippen molar-refractivity contribution in [3.63, 3.8) is 0 Å². The maximum atomic E-state index is 14.4. The number of nitrogens with zero attached hydrogens (tertiary/aromatic N) is 1. The monoisotopic (exact) mass is 777 g/mol. The molecule has 0 bridgehead atoms. The fraction of sp³-hybridized carbons (Fsp3) is 0.471. The zero-order chi connectivity index (χ0) is 38.3. The van der Waals surface area contributed by atoms with Gasteiger partial charge in [0.25, 0.3) is 0 Å². The van der Waals surface area contributed by atoms with Crippen molar-refractivity contribution in [2.75, 3.05) is 5.75 Å². The van der Waals surface area contributed by atoms with Gasteiger partial charge in [-0.1, -0.05) is 60.7 Å². The highest BCUT2D eigenvalue weighted by Crippen LogP contribution is 2.46. The van der Waals surface area contributed by atoms with E-state index >= 15 is 0 Å². The second-order valence-corrected chi connectivity index (χ2v) is 21.6. The number of hydrogen-bond donors (Lipinski definition) is 1. The molecule has 1 heterocycles. The van der Waals surface area contributed by atoms with E-state index in [2.05, 4.69) is 33.9 Å². The number of rotatable bonds is 12. The third-order valence-corrected chi connectivity index (χ3v) is 15.9. The van der Waals surface area contributed by atoms with Crippen molar-refractivity contribution in [3.05, 3.63) is 75.3 Å². The van der Waals surface area contributed by atoms with E-state index < -0.39 is 98.4 Å². The van der Waals surface area contributed by atoms with Crippen LogP contribution in [-0.2, 0) is 18.8 Å². The fourth-order valence-electron chi connectivity index (χ4n) is 4.59. The molecule has 2 aromatic rings. The van der Waals surface area contributed by atoms with Crippen LogP contribution in [0.25, 0.3) is 0 Å². The van der Waals surface area contributed by atoms with Crippen molar-refractivity contribution in [1.82, 2.24) is 4.90 Å². The van der Waals surface area contributed by atoms with Gasteiger partial charge in [-0.25, -0.2) is 26.7 Å². The van der Waals surface area contributed by atoms with Gasteiger partial charge < -0.3 is 14.3 Å². The third-order valence-electron chi connectivity index (χ3n) is 8.41. The number of benzene rings is 2. The van der Waals surface area contributed by atoms with Gasteiger partial charge in [0.2, 0.25) is 16.8 Å². The van der Waals surface area contributed by atoms with E-state index in [4.69, 9.17) is 21.4 Å². The van der Waals surface area contributed by atoms with Crippen molar-refractivity contribution in [2.45, 2.75) is 85.0 Å². The van der Waals surface area contributed by atoms with E-state index in [1.165, 1.54) is 36.0 Å². The molecule has 0 spiro atoms. The van der Waals surface area contributed by atoms with Crippen LogP contribution in [0.5, 0.6) is 5.75 Å². The molecule has 3 atom stereocenters. The van der Waals surface area contributed by atoms with E-state index in [0.717, 1.165) is 4.90 Å². The second-order valence-electron chi connectivity index (χ2n) is 14.1. The molecule has 0 unspecified atom stereocenters. The lowest BCUT2D eigenvalue weighted by Crippen LogP contribution is -2.64. The number of carboxylic acids is 1. The van der Waals surface area contributed by atoms with Crippen molar-refractivity contribution >= 4 is 65.9 Å². The molecular formula is C34H40F5NO6S3Si. The van der Waals surface area contributed by atoms with E-state index in [1.54, 1.807) is 27.7 Å². The van der Waals surface area contributed by atoms with Gasteiger partial charge in [0, 0.05) is 5.41 Å². The summed E-state index contributed by atoms with van der Waals surface area (Å²) in [5.41, 5.74) is -2.94. The number of amides is 1. The highest BCUT2D eigenvalue weighted by Gasteiger charge is 2.56. The Hall–Kier alpha value is -2.79. The van der Waals surface area contributed by atoms with Crippen LogP contribution in [0, 0.1) is 40.4 Å². The molecule has 2 aromatic carbocycles. The molecule has 0 aliphatic carbocycles. The van der Waals surface area contributed by atoms with Gasteiger partial charge in [-0.05, 0) is 72.4 Å². The summed E-state index contributed by atoms with van der Waals surface area (Å²) in [7, 11) is -2.32. The lowest BCUT2D eigenvalue weighted by molar-refractivity contribution is -0.157. The van der Waals surface area contributed by atoms with Crippen LogP contribution in [0.15, 0.2) is 35.1 Å². The zero-order valence-corrected chi connectivity index (χ0v) is 32.7. The summed E-state index contributed by atoms with van der Waals surface area (Å²) in [6.45, 7) is 18.8. The van der Waals surface area contributed by atoms with Crippen LogP contribution in [-0.4, -0.2) is 57.4 Å². The summed E-state index contributed by atoms with van der Waals surface area (Å²) in [5.74, 6) is -13.1. The molecule has 16 heteroatoms. The smallest absolute Gasteiger partial charge is 0.357 e. The zero-order valence-electron chi connectivity index (χ0n) is 29.3. The molecule has 0 saturated carbocycles. The predicted molar refractivity (Wildman–Crippen MR) is 191 cm³/mol. The summed E-state index contributed by atoms with van der Waals surface area (Å²) in [6, 6.07) is 4.77. The van der Waals surface area contributed by atoms with Crippen LogP contribution in [0.4, 0.5) is 22.0 Å². The van der Waals surface area contributed by atoms with Gasteiger partial charge in [0.05, 0.1) is 27.8 Å². The summed E-state index contributed by atoms with van der Waals surface area (Å²) in [4.78, 5) is 40.4. The van der Waals surface area contributed by atoms with E-state index in [9.17, 15) is 41.4 Å². The maximum Gasteiger partial charge on any atom is 0.357 e. The minimum absolute atomic E-state index is 0.0734. The maximum absolute atomic E-state index is 14.4. The highest BCUT2D eigenvalue weighted by atomic mass is 32.2. The van der Waals surface area contributed by atoms with E-state index in [-0.39, 0.29) is 16.4 Å². The summed E-state index contributed by atoms with van der Waals surface area (Å²) < 4.78 is 82.6. The lowest BCUT2D eigenvalue weighted by Gasteiger charge is -2.50. The number of thiocarbonyl (C=S) groups is 1. The normalized spacial score (nSPS) is 18.0. The topological polar surface area (TPSA) is 93.1 Å². The number of halogens is 5. The Morgan fingerprint density at radius 2 is 1.46 bits per heavy atom. The highest BCUT2D eigenvalue weighted by molar-refractivity contribution is 8.16. The Balaban J connectivity index is 2.07. The van der Waals surface area contributed by atoms with Crippen LogP contribution < -0.4 is 4.74 Å². The molecular weight excluding hydrogens is 738 g/mol. The van der Waals surface area contributed by atoms with Crippen molar-refractivity contribution in [2.24, 2.45) is 11.3 Å². The first-order chi connectivity index (χ1) is 22.9. The Kier molecular flexibility index (Phi) is 12.9. The number of carbonyl (C=O) groups is 3. The van der Waals surface area contributed by atoms with Crippen LogP contribution in [0.1, 0.15) is 66.5 Å². The minimum atomic E-state index is -2.32. The molecule has 1 fully saturated rings. The van der Waals surface area contributed by atoms with Crippen LogP contribution in [0.3, 0.4) is 0 Å². The predicted octanol–water partition coefficient (Wildman–Crippen LogP) is 9.03.